The average Bonchev–Trinajstić information content (AvgIpc) is 2.35. The van der Waals surface area contributed by atoms with E-state index in [0.717, 1.165) is 5.56 Å². The summed E-state index contributed by atoms with van der Waals surface area (Å²) in [5.41, 5.74) is 1.31. The topological polar surface area (TPSA) is 74.6 Å². The lowest BCUT2D eigenvalue weighted by atomic mass is 9.97. The molecule has 1 aromatic rings. The van der Waals surface area contributed by atoms with Crippen molar-refractivity contribution >= 4 is 23.4 Å². The second kappa shape index (κ2) is 5.98. The van der Waals surface area contributed by atoms with Crippen molar-refractivity contribution in [1.82, 2.24) is 0 Å². The lowest BCUT2D eigenvalue weighted by Crippen LogP contribution is -2.15. The molecule has 4 nitrogen and oxygen atoms in total. The molecule has 2 N–H and O–H groups in total. The molecule has 0 aliphatic rings. The third-order valence-electron chi connectivity index (χ3n) is 2.62. The van der Waals surface area contributed by atoms with E-state index in [-0.39, 0.29) is 11.3 Å². The third kappa shape index (κ3) is 3.31. The first-order chi connectivity index (χ1) is 8.36. The number of rotatable bonds is 5. The van der Waals surface area contributed by atoms with Crippen molar-refractivity contribution < 1.29 is 19.8 Å². The Hall–Kier alpha value is -1.39. The van der Waals surface area contributed by atoms with Gasteiger partial charge in [0.1, 0.15) is 0 Å². The van der Waals surface area contributed by atoms with Crippen LogP contribution in [0.4, 0.5) is 0 Å². The molecule has 0 heterocycles. The number of alkyl halides is 1. The van der Waals surface area contributed by atoms with Gasteiger partial charge in [-0.1, -0.05) is 13.0 Å². The van der Waals surface area contributed by atoms with Gasteiger partial charge in [-0.2, -0.15) is 0 Å². The number of Topliss-reactive ketones (excluding diaryl/α,β-unsaturated/α-hetero) is 1. The van der Waals surface area contributed by atoms with Crippen LogP contribution in [0.5, 0.6) is 0 Å². The van der Waals surface area contributed by atoms with Gasteiger partial charge >= 0.3 is 5.97 Å². The third-order valence-corrected chi connectivity index (χ3v) is 2.82. The Balaban J connectivity index is 3.25. The number of aliphatic hydroxyl groups excluding tert-OH is 1. The second-order valence-electron chi connectivity index (χ2n) is 4.04. The van der Waals surface area contributed by atoms with Gasteiger partial charge in [0, 0.05) is 5.56 Å². The number of carbonyl (C=O) groups excluding carboxylic acids is 1. The maximum Gasteiger partial charge on any atom is 0.337 e. The maximum absolute atomic E-state index is 11.8. The number of ketones is 1. The Morgan fingerprint density at radius 2 is 1.94 bits per heavy atom. The van der Waals surface area contributed by atoms with Gasteiger partial charge in [0.2, 0.25) is 0 Å². The largest absolute Gasteiger partial charge is 0.479 e. The number of hydrogen-bond donors (Lipinski definition) is 2. The van der Waals surface area contributed by atoms with Crippen LogP contribution in [-0.2, 0) is 11.2 Å². The number of carbonyl (C=O) groups is 2. The van der Waals surface area contributed by atoms with Crippen LogP contribution < -0.4 is 0 Å². The molecule has 0 spiro atoms. The highest BCUT2D eigenvalue weighted by Gasteiger charge is 2.20. The first-order valence-electron chi connectivity index (χ1n) is 5.59. The van der Waals surface area contributed by atoms with Crippen LogP contribution in [0.25, 0.3) is 0 Å². The molecular formula is C13H15ClO4. The molecule has 1 aromatic carbocycles. The van der Waals surface area contributed by atoms with E-state index in [1.54, 1.807) is 19.1 Å². The summed E-state index contributed by atoms with van der Waals surface area (Å²) in [5.74, 6) is -1.63. The van der Waals surface area contributed by atoms with E-state index in [4.69, 9.17) is 16.7 Å². The maximum atomic E-state index is 11.8. The summed E-state index contributed by atoms with van der Waals surface area (Å²) < 4.78 is 0. The Kier molecular flexibility index (Phi) is 4.87. The number of aryl methyl sites for hydroxylation is 1. The number of halogens is 1. The van der Waals surface area contributed by atoms with Crippen LogP contribution >= 0.6 is 11.6 Å². The van der Waals surface area contributed by atoms with Crippen molar-refractivity contribution in [2.24, 2.45) is 0 Å². The van der Waals surface area contributed by atoms with E-state index in [1.807, 2.05) is 6.92 Å². The fourth-order valence-electron chi connectivity index (χ4n) is 1.59. The molecule has 98 valence electrons. The van der Waals surface area contributed by atoms with Crippen molar-refractivity contribution in [1.29, 1.82) is 0 Å². The SMILES string of the molecule is CCc1cc(C(=O)C(C)Cl)cc(C(O)C(=O)O)c1. The van der Waals surface area contributed by atoms with Gasteiger partial charge in [-0.25, -0.2) is 4.79 Å². The van der Waals surface area contributed by atoms with Gasteiger partial charge < -0.3 is 10.2 Å². The van der Waals surface area contributed by atoms with E-state index in [1.165, 1.54) is 6.07 Å². The minimum atomic E-state index is -1.63. The molecule has 0 aliphatic heterocycles. The molecule has 0 radical (unpaired) electrons. The monoisotopic (exact) mass is 270 g/mol. The van der Waals surface area contributed by atoms with E-state index in [0.29, 0.717) is 12.0 Å². The smallest absolute Gasteiger partial charge is 0.337 e. The van der Waals surface area contributed by atoms with Crippen molar-refractivity contribution in [2.75, 3.05) is 0 Å². The number of carboxylic acids is 1. The fraction of sp³-hybridized carbons (Fsp3) is 0.385. The number of carboxylic acid groups (broad SMARTS) is 1. The first kappa shape index (κ1) is 14.7. The molecule has 5 heteroatoms. The molecule has 0 bridgehead atoms. The summed E-state index contributed by atoms with van der Waals surface area (Å²) >= 11 is 5.72. The fourth-order valence-corrected chi connectivity index (χ4v) is 1.72. The molecule has 0 amide bonds. The van der Waals surface area contributed by atoms with Crippen LogP contribution in [0.1, 0.15) is 41.4 Å². The standard InChI is InChI=1S/C13H15ClO4/c1-3-8-4-9(11(15)7(2)14)6-10(5-8)12(16)13(17)18/h4-7,12,16H,3H2,1-2H3,(H,17,18). The zero-order valence-corrected chi connectivity index (χ0v) is 10.9. The molecule has 2 atom stereocenters. The van der Waals surface area contributed by atoms with E-state index in [2.05, 4.69) is 0 Å². The molecule has 2 unspecified atom stereocenters. The molecule has 1 rings (SSSR count). The Labute approximate surface area is 110 Å². The summed E-state index contributed by atoms with van der Waals surface area (Å²) in [7, 11) is 0. The number of hydrogen-bond acceptors (Lipinski definition) is 3. The summed E-state index contributed by atoms with van der Waals surface area (Å²) in [5, 5.41) is 17.6. The van der Waals surface area contributed by atoms with Gasteiger partial charge in [-0.15, -0.1) is 11.6 Å². The zero-order valence-electron chi connectivity index (χ0n) is 10.2. The molecule has 0 aliphatic carbocycles. The van der Waals surface area contributed by atoms with E-state index in [9.17, 15) is 14.7 Å². The summed E-state index contributed by atoms with van der Waals surface area (Å²) in [6.45, 7) is 3.43. The lowest BCUT2D eigenvalue weighted by molar-refractivity contribution is -0.146. The number of benzene rings is 1. The van der Waals surface area contributed by atoms with Crippen LogP contribution in [0.2, 0.25) is 0 Å². The highest BCUT2D eigenvalue weighted by molar-refractivity contribution is 6.33. The average molecular weight is 271 g/mol. The number of aliphatic carboxylic acids is 1. The van der Waals surface area contributed by atoms with E-state index < -0.39 is 17.5 Å². The van der Waals surface area contributed by atoms with Crippen LogP contribution in [-0.4, -0.2) is 27.3 Å². The molecule has 18 heavy (non-hydrogen) atoms. The van der Waals surface area contributed by atoms with Crippen LogP contribution in [0.3, 0.4) is 0 Å². The summed E-state index contributed by atoms with van der Waals surface area (Å²) in [6.07, 6.45) is -0.995. The van der Waals surface area contributed by atoms with Crippen molar-refractivity contribution in [3.05, 3.63) is 34.9 Å². The van der Waals surface area contributed by atoms with Crippen LogP contribution in [0, 0.1) is 0 Å². The first-order valence-corrected chi connectivity index (χ1v) is 6.03. The zero-order chi connectivity index (χ0) is 13.9. The predicted octanol–water partition coefficient (Wildman–Crippen LogP) is 2.18. The highest BCUT2D eigenvalue weighted by atomic mass is 35.5. The molecule has 0 saturated carbocycles. The Morgan fingerprint density at radius 1 is 1.33 bits per heavy atom. The van der Waals surface area contributed by atoms with Gasteiger partial charge in [0.25, 0.3) is 0 Å². The van der Waals surface area contributed by atoms with Gasteiger partial charge in [0.15, 0.2) is 11.9 Å². The van der Waals surface area contributed by atoms with Gasteiger partial charge in [-0.3, -0.25) is 4.79 Å². The van der Waals surface area contributed by atoms with Crippen LogP contribution in [0.15, 0.2) is 18.2 Å². The molecule has 0 fully saturated rings. The summed E-state index contributed by atoms with van der Waals surface area (Å²) in [4.78, 5) is 22.5. The highest BCUT2D eigenvalue weighted by Crippen LogP contribution is 2.20. The molecular weight excluding hydrogens is 256 g/mol. The van der Waals surface area contributed by atoms with Crippen molar-refractivity contribution in [2.45, 2.75) is 31.7 Å². The van der Waals surface area contributed by atoms with Crippen molar-refractivity contribution in [3.63, 3.8) is 0 Å². The summed E-state index contributed by atoms with van der Waals surface area (Å²) in [6, 6.07) is 4.62. The number of aliphatic hydroxyl groups is 1. The van der Waals surface area contributed by atoms with Gasteiger partial charge in [0.05, 0.1) is 5.38 Å². The molecule has 0 aromatic heterocycles. The Morgan fingerprint density at radius 3 is 2.39 bits per heavy atom. The van der Waals surface area contributed by atoms with E-state index >= 15 is 0 Å². The predicted molar refractivity (Wildman–Crippen MR) is 68.1 cm³/mol. The minimum Gasteiger partial charge on any atom is -0.479 e. The van der Waals surface area contributed by atoms with Crippen molar-refractivity contribution in [3.8, 4) is 0 Å². The minimum absolute atomic E-state index is 0.197. The Bertz CT molecular complexity index is 468. The second-order valence-corrected chi connectivity index (χ2v) is 4.69. The van der Waals surface area contributed by atoms with Gasteiger partial charge in [-0.05, 0) is 36.6 Å². The molecule has 0 saturated heterocycles. The quantitative estimate of drug-likeness (QED) is 0.635. The lowest BCUT2D eigenvalue weighted by Gasteiger charge is -2.11. The normalized spacial score (nSPS) is 14.0.